The molecular formula is C20H17N3O6S. The highest BCUT2D eigenvalue weighted by Gasteiger charge is 2.17. The number of anilines is 2. The van der Waals surface area contributed by atoms with Crippen molar-refractivity contribution in [2.75, 3.05) is 17.1 Å². The molecule has 154 valence electrons. The number of nitro benzene ring substituents is 1. The van der Waals surface area contributed by atoms with Gasteiger partial charge in [0.05, 0.1) is 22.6 Å². The molecule has 0 fully saturated rings. The molecule has 0 aliphatic carbocycles. The van der Waals surface area contributed by atoms with Crippen LogP contribution in [0.15, 0.2) is 77.7 Å². The number of rotatable bonds is 7. The van der Waals surface area contributed by atoms with E-state index in [1.54, 1.807) is 18.2 Å². The first kappa shape index (κ1) is 20.8. The van der Waals surface area contributed by atoms with Crippen molar-refractivity contribution in [3.05, 3.63) is 88.5 Å². The zero-order chi connectivity index (χ0) is 21.7. The van der Waals surface area contributed by atoms with Gasteiger partial charge in [-0.15, -0.1) is 0 Å². The summed E-state index contributed by atoms with van der Waals surface area (Å²) in [5.74, 6) is -0.0614. The van der Waals surface area contributed by atoms with Crippen molar-refractivity contribution in [3.8, 4) is 5.75 Å². The van der Waals surface area contributed by atoms with Gasteiger partial charge in [-0.3, -0.25) is 19.6 Å². The smallest absolute Gasteiger partial charge is 0.269 e. The lowest BCUT2D eigenvalue weighted by Crippen LogP contribution is -2.16. The van der Waals surface area contributed by atoms with Crippen LogP contribution >= 0.6 is 0 Å². The average Bonchev–Trinajstić information content (AvgIpc) is 2.74. The number of benzene rings is 3. The summed E-state index contributed by atoms with van der Waals surface area (Å²) in [6, 6.07) is 17.2. The Hall–Kier alpha value is -3.92. The Balaban J connectivity index is 1.78. The van der Waals surface area contributed by atoms with Crippen LogP contribution in [0.3, 0.4) is 0 Å². The molecule has 0 saturated carbocycles. The molecule has 0 bridgehead atoms. The maximum Gasteiger partial charge on any atom is 0.269 e. The largest absolute Gasteiger partial charge is 0.497 e. The van der Waals surface area contributed by atoms with Crippen molar-refractivity contribution in [3.63, 3.8) is 0 Å². The molecule has 9 nitrogen and oxygen atoms in total. The summed E-state index contributed by atoms with van der Waals surface area (Å²) < 4.78 is 32.9. The summed E-state index contributed by atoms with van der Waals surface area (Å²) >= 11 is 0. The van der Waals surface area contributed by atoms with Gasteiger partial charge in [-0.2, -0.15) is 0 Å². The number of amides is 1. The van der Waals surface area contributed by atoms with Crippen molar-refractivity contribution in [2.24, 2.45) is 0 Å². The number of carbonyl (C=O) groups is 1. The summed E-state index contributed by atoms with van der Waals surface area (Å²) in [6.45, 7) is 0. The summed E-state index contributed by atoms with van der Waals surface area (Å²) in [5, 5.41) is 13.3. The zero-order valence-corrected chi connectivity index (χ0v) is 16.5. The Bertz CT molecular complexity index is 1190. The van der Waals surface area contributed by atoms with E-state index in [-0.39, 0.29) is 16.1 Å². The molecule has 10 heteroatoms. The minimum Gasteiger partial charge on any atom is -0.497 e. The van der Waals surface area contributed by atoms with Gasteiger partial charge in [-0.1, -0.05) is 12.1 Å². The lowest BCUT2D eigenvalue weighted by atomic mass is 10.2. The van der Waals surface area contributed by atoms with Gasteiger partial charge in [0.1, 0.15) is 5.75 Å². The number of nitrogens with one attached hydrogen (secondary N) is 2. The Morgan fingerprint density at radius 2 is 1.67 bits per heavy atom. The van der Waals surface area contributed by atoms with Gasteiger partial charge in [0.25, 0.3) is 21.6 Å². The van der Waals surface area contributed by atoms with E-state index in [0.29, 0.717) is 17.1 Å². The third-order valence-electron chi connectivity index (χ3n) is 4.06. The number of carbonyl (C=O) groups excluding carboxylic acids is 1. The highest BCUT2D eigenvalue weighted by molar-refractivity contribution is 7.92. The number of nitro groups is 1. The molecule has 3 aromatic rings. The lowest BCUT2D eigenvalue weighted by Gasteiger charge is -2.11. The van der Waals surface area contributed by atoms with Crippen LogP contribution in [0.1, 0.15) is 10.4 Å². The first-order valence-electron chi connectivity index (χ1n) is 8.61. The van der Waals surface area contributed by atoms with Crippen LogP contribution in [-0.2, 0) is 10.0 Å². The standard InChI is InChI=1S/C20H17N3O6S/c1-29-18-6-3-5-16(13-18)22-30(27,28)19-7-2-4-14(12-19)20(24)21-15-8-10-17(11-9-15)23(25)26/h2-13,22H,1H3,(H,21,24). The van der Waals surface area contributed by atoms with Crippen molar-refractivity contribution in [1.29, 1.82) is 0 Å². The maximum absolute atomic E-state index is 12.7. The van der Waals surface area contributed by atoms with Crippen molar-refractivity contribution < 1.29 is 22.9 Å². The monoisotopic (exact) mass is 427 g/mol. The SMILES string of the molecule is COc1cccc(NS(=O)(=O)c2cccc(C(=O)Nc3ccc([N+](=O)[O-])cc3)c2)c1. The van der Waals surface area contributed by atoms with E-state index in [0.717, 1.165) is 0 Å². The maximum atomic E-state index is 12.7. The fraction of sp³-hybridized carbons (Fsp3) is 0.0500. The van der Waals surface area contributed by atoms with Crippen LogP contribution in [0.4, 0.5) is 17.1 Å². The molecule has 2 N–H and O–H groups in total. The minimum atomic E-state index is -3.94. The summed E-state index contributed by atoms with van der Waals surface area (Å²) in [7, 11) is -2.47. The first-order valence-corrected chi connectivity index (χ1v) is 10.1. The second-order valence-corrected chi connectivity index (χ2v) is 7.81. The molecule has 3 aromatic carbocycles. The Morgan fingerprint density at radius 3 is 2.33 bits per heavy atom. The van der Waals surface area contributed by atoms with Crippen LogP contribution < -0.4 is 14.8 Å². The highest BCUT2D eigenvalue weighted by atomic mass is 32.2. The van der Waals surface area contributed by atoms with E-state index in [2.05, 4.69) is 10.0 Å². The van der Waals surface area contributed by atoms with E-state index < -0.39 is 20.9 Å². The molecular weight excluding hydrogens is 410 g/mol. The quantitative estimate of drug-likeness (QED) is 0.437. The minimum absolute atomic E-state index is 0.0957. The molecule has 0 heterocycles. The van der Waals surface area contributed by atoms with Gasteiger partial charge < -0.3 is 10.1 Å². The molecule has 0 aliphatic rings. The Labute approximate surface area is 172 Å². The second-order valence-electron chi connectivity index (χ2n) is 6.12. The predicted molar refractivity (Wildman–Crippen MR) is 111 cm³/mol. The van der Waals surface area contributed by atoms with Gasteiger partial charge >= 0.3 is 0 Å². The highest BCUT2D eigenvalue weighted by Crippen LogP contribution is 2.22. The van der Waals surface area contributed by atoms with Gasteiger partial charge in [-0.05, 0) is 42.5 Å². The molecule has 1 amide bonds. The lowest BCUT2D eigenvalue weighted by molar-refractivity contribution is -0.384. The zero-order valence-electron chi connectivity index (χ0n) is 15.7. The van der Waals surface area contributed by atoms with Crippen molar-refractivity contribution >= 4 is 33.0 Å². The molecule has 0 unspecified atom stereocenters. The van der Waals surface area contributed by atoms with Crippen molar-refractivity contribution in [2.45, 2.75) is 4.90 Å². The van der Waals surface area contributed by atoms with Crippen molar-refractivity contribution in [1.82, 2.24) is 0 Å². The fourth-order valence-electron chi connectivity index (χ4n) is 2.57. The van der Waals surface area contributed by atoms with E-state index in [9.17, 15) is 23.3 Å². The van der Waals surface area contributed by atoms with Crippen LogP contribution in [-0.4, -0.2) is 26.4 Å². The van der Waals surface area contributed by atoms with Gasteiger partial charge in [-0.25, -0.2) is 8.42 Å². The molecule has 0 atom stereocenters. The molecule has 0 spiro atoms. The third kappa shape index (κ3) is 4.92. The van der Waals surface area contributed by atoms with E-state index in [1.165, 1.54) is 61.7 Å². The topological polar surface area (TPSA) is 128 Å². The molecule has 0 aliphatic heterocycles. The fourth-order valence-corrected chi connectivity index (χ4v) is 3.67. The molecule has 3 rings (SSSR count). The predicted octanol–water partition coefficient (Wildman–Crippen LogP) is 3.66. The Kier molecular flexibility index (Phi) is 5.98. The van der Waals surface area contributed by atoms with Gasteiger partial charge in [0.15, 0.2) is 0 Å². The second kappa shape index (κ2) is 8.62. The molecule has 30 heavy (non-hydrogen) atoms. The van der Waals surface area contributed by atoms with Gasteiger partial charge in [0, 0.05) is 29.4 Å². The van der Waals surface area contributed by atoms with Crippen LogP contribution in [0.25, 0.3) is 0 Å². The van der Waals surface area contributed by atoms with Crippen LogP contribution in [0.5, 0.6) is 5.75 Å². The first-order chi connectivity index (χ1) is 14.3. The van der Waals surface area contributed by atoms with E-state index >= 15 is 0 Å². The molecule has 0 aromatic heterocycles. The number of methoxy groups -OCH3 is 1. The molecule has 0 saturated heterocycles. The Morgan fingerprint density at radius 1 is 0.967 bits per heavy atom. The number of nitrogens with zero attached hydrogens (tertiary/aromatic N) is 1. The number of hydrogen-bond acceptors (Lipinski definition) is 6. The summed E-state index contributed by atoms with van der Waals surface area (Å²) in [5.41, 5.74) is 0.662. The number of ether oxygens (including phenoxy) is 1. The normalized spacial score (nSPS) is 10.8. The summed E-state index contributed by atoms with van der Waals surface area (Å²) in [6.07, 6.45) is 0. The van der Waals surface area contributed by atoms with Gasteiger partial charge in [0.2, 0.25) is 0 Å². The number of sulfonamides is 1. The van der Waals surface area contributed by atoms with E-state index in [4.69, 9.17) is 4.74 Å². The third-order valence-corrected chi connectivity index (χ3v) is 5.44. The van der Waals surface area contributed by atoms with Crippen LogP contribution in [0.2, 0.25) is 0 Å². The number of hydrogen-bond donors (Lipinski definition) is 2. The van der Waals surface area contributed by atoms with Crippen LogP contribution in [0, 0.1) is 10.1 Å². The average molecular weight is 427 g/mol. The van der Waals surface area contributed by atoms with E-state index in [1.807, 2.05) is 0 Å². The molecule has 0 radical (unpaired) electrons. The number of non-ortho nitro benzene ring substituents is 1. The summed E-state index contributed by atoms with van der Waals surface area (Å²) in [4.78, 5) is 22.5.